The van der Waals surface area contributed by atoms with Gasteiger partial charge in [0.1, 0.15) is 0 Å². The number of benzene rings is 2. The van der Waals surface area contributed by atoms with Crippen molar-refractivity contribution in [1.29, 1.82) is 0 Å². The SMILES string of the molecule is NC(=O)N(N)N.c1ccc2c(c1)Nc1ccccc1S2. The fraction of sp³-hybridized carbons (Fsp3) is 0. The number of urea groups is 1. The molecule has 2 aromatic rings. The van der Waals surface area contributed by atoms with Gasteiger partial charge in [-0.1, -0.05) is 36.0 Å². The third kappa shape index (κ3) is 3.41. The maximum absolute atomic E-state index is 9.60. The molecule has 104 valence electrons. The Labute approximate surface area is 120 Å². The van der Waals surface area contributed by atoms with Gasteiger partial charge in [-0.25, -0.2) is 16.5 Å². The topological polar surface area (TPSA) is 110 Å². The number of carbonyl (C=O) groups is 1. The molecule has 0 radical (unpaired) electrons. The summed E-state index contributed by atoms with van der Waals surface area (Å²) in [6.45, 7) is 0. The molecule has 2 aromatic carbocycles. The molecule has 0 saturated heterocycles. The van der Waals surface area contributed by atoms with Crippen molar-refractivity contribution in [3.63, 3.8) is 0 Å². The second-order valence-electron chi connectivity index (χ2n) is 3.96. The Hall–Kier alpha value is -2.22. The van der Waals surface area contributed by atoms with Crippen LogP contribution in [0.5, 0.6) is 0 Å². The monoisotopic (exact) mass is 289 g/mol. The molecule has 0 bridgehead atoms. The highest BCUT2D eigenvalue weighted by molar-refractivity contribution is 7.99. The first-order chi connectivity index (χ1) is 9.58. The number of para-hydroxylation sites is 2. The number of anilines is 2. The van der Waals surface area contributed by atoms with Crippen molar-refractivity contribution in [3.8, 4) is 0 Å². The Morgan fingerprint density at radius 1 is 0.950 bits per heavy atom. The number of nitrogens with two attached hydrogens (primary N) is 3. The summed E-state index contributed by atoms with van der Waals surface area (Å²) in [4.78, 5) is 12.2. The Balaban J connectivity index is 0.000000212. The molecule has 3 rings (SSSR count). The number of carbonyl (C=O) groups excluding carboxylic acids is 1. The van der Waals surface area contributed by atoms with Crippen LogP contribution < -0.4 is 22.7 Å². The van der Waals surface area contributed by atoms with Gasteiger partial charge in [0, 0.05) is 9.79 Å². The van der Waals surface area contributed by atoms with E-state index in [0.717, 1.165) is 0 Å². The van der Waals surface area contributed by atoms with E-state index >= 15 is 0 Å². The zero-order valence-corrected chi connectivity index (χ0v) is 11.4. The molecule has 20 heavy (non-hydrogen) atoms. The predicted molar refractivity (Wildman–Crippen MR) is 80.1 cm³/mol. The fourth-order valence-corrected chi connectivity index (χ4v) is 2.57. The van der Waals surface area contributed by atoms with E-state index in [9.17, 15) is 4.79 Å². The number of primary amides is 1. The number of amides is 2. The van der Waals surface area contributed by atoms with Crippen LogP contribution in [0.25, 0.3) is 0 Å². The number of fused-ring (bicyclic) bond motifs is 2. The quantitative estimate of drug-likeness (QED) is 0.287. The molecule has 0 aliphatic carbocycles. The third-order valence-electron chi connectivity index (χ3n) is 2.52. The second kappa shape index (κ2) is 6.29. The van der Waals surface area contributed by atoms with Gasteiger partial charge in [-0.3, -0.25) is 0 Å². The first-order valence-electron chi connectivity index (χ1n) is 5.80. The third-order valence-corrected chi connectivity index (χ3v) is 3.67. The molecule has 0 atom stereocenters. The maximum Gasteiger partial charge on any atom is 0.343 e. The lowest BCUT2D eigenvalue weighted by atomic mass is 10.2. The van der Waals surface area contributed by atoms with Crippen LogP contribution in [0.3, 0.4) is 0 Å². The molecule has 0 aromatic heterocycles. The average Bonchev–Trinajstić information content (AvgIpc) is 2.45. The highest BCUT2D eigenvalue weighted by Gasteiger charge is 2.13. The van der Waals surface area contributed by atoms with Gasteiger partial charge in [-0.15, -0.1) is 0 Å². The van der Waals surface area contributed by atoms with Gasteiger partial charge in [-0.05, 0) is 24.3 Å². The zero-order valence-electron chi connectivity index (χ0n) is 10.6. The van der Waals surface area contributed by atoms with Crippen LogP contribution in [-0.2, 0) is 0 Å². The Morgan fingerprint density at radius 2 is 1.35 bits per heavy atom. The Morgan fingerprint density at radius 3 is 1.75 bits per heavy atom. The van der Waals surface area contributed by atoms with Crippen LogP contribution in [-0.4, -0.2) is 11.1 Å². The van der Waals surface area contributed by atoms with Crippen LogP contribution in [0.15, 0.2) is 58.3 Å². The molecule has 0 unspecified atom stereocenters. The second-order valence-corrected chi connectivity index (χ2v) is 5.05. The van der Waals surface area contributed by atoms with Crippen molar-refractivity contribution in [2.24, 2.45) is 17.4 Å². The van der Waals surface area contributed by atoms with Gasteiger partial charge in [-0.2, -0.15) is 5.12 Å². The van der Waals surface area contributed by atoms with Gasteiger partial charge in [0.15, 0.2) is 0 Å². The lowest BCUT2D eigenvalue weighted by Crippen LogP contribution is -2.46. The van der Waals surface area contributed by atoms with Gasteiger partial charge >= 0.3 is 6.03 Å². The molecule has 2 amide bonds. The molecule has 1 aliphatic heterocycles. The molecule has 0 spiro atoms. The van der Waals surface area contributed by atoms with E-state index in [1.165, 1.54) is 21.2 Å². The Kier molecular flexibility index (Phi) is 4.46. The van der Waals surface area contributed by atoms with Crippen molar-refractivity contribution >= 4 is 29.2 Å². The smallest absolute Gasteiger partial charge is 0.343 e. The summed E-state index contributed by atoms with van der Waals surface area (Å²) in [5.74, 6) is 9.14. The summed E-state index contributed by atoms with van der Waals surface area (Å²) in [7, 11) is 0. The van der Waals surface area contributed by atoms with Crippen molar-refractivity contribution < 1.29 is 4.79 Å². The highest BCUT2D eigenvalue weighted by Crippen LogP contribution is 2.43. The van der Waals surface area contributed by atoms with Gasteiger partial charge in [0.25, 0.3) is 0 Å². The van der Waals surface area contributed by atoms with Crippen molar-refractivity contribution in [1.82, 2.24) is 5.12 Å². The van der Waals surface area contributed by atoms with E-state index in [4.69, 9.17) is 0 Å². The van der Waals surface area contributed by atoms with Crippen LogP contribution in [0, 0.1) is 0 Å². The van der Waals surface area contributed by atoms with Crippen LogP contribution in [0.1, 0.15) is 0 Å². The van der Waals surface area contributed by atoms with Gasteiger partial charge in [0.2, 0.25) is 0 Å². The molecule has 0 fully saturated rings. The standard InChI is InChI=1S/C12H9NS.CH6N4O/c1-3-7-11-9(5-1)13-10-6-2-4-8-12(10)14-11;2-1(6)5(3)4/h1-8,13H;3-4H2,(H2,2,6). The lowest BCUT2D eigenvalue weighted by Gasteiger charge is -2.19. The van der Waals surface area contributed by atoms with Gasteiger partial charge < -0.3 is 11.1 Å². The largest absolute Gasteiger partial charge is 0.354 e. The summed E-state index contributed by atoms with van der Waals surface area (Å²) in [6.07, 6.45) is 0. The van der Waals surface area contributed by atoms with Crippen molar-refractivity contribution in [2.45, 2.75) is 9.79 Å². The maximum atomic E-state index is 9.60. The minimum absolute atomic E-state index is 0.306. The fourth-order valence-electron chi connectivity index (χ4n) is 1.58. The summed E-state index contributed by atoms with van der Waals surface area (Å²) in [5, 5.41) is 3.73. The van der Waals surface area contributed by atoms with Gasteiger partial charge in [0.05, 0.1) is 11.4 Å². The van der Waals surface area contributed by atoms with E-state index in [1.807, 2.05) is 11.8 Å². The number of nitrogens with zero attached hydrogens (tertiary/aromatic N) is 1. The molecule has 7 N–H and O–H groups in total. The van der Waals surface area contributed by atoms with Crippen molar-refractivity contribution in [3.05, 3.63) is 48.5 Å². The molecule has 6 nitrogen and oxygen atoms in total. The molecule has 7 heteroatoms. The highest BCUT2D eigenvalue weighted by atomic mass is 32.2. The molecule has 1 aliphatic rings. The minimum atomic E-state index is -0.852. The summed E-state index contributed by atoms with van der Waals surface area (Å²) in [6, 6.07) is 15.9. The minimum Gasteiger partial charge on any atom is -0.354 e. The summed E-state index contributed by atoms with van der Waals surface area (Å²) < 4.78 is 0. The predicted octanol–water partition coefficient (Wildman–Crippen LogP) is 2.01. The summed E-state index contributed by atoms with van der Waals surface area (Å²) >= 11 is 1.82. The van der Waals surface area contributed by atoms with Crippen LogP contribution in [0.4, 0.5) is 16.2 Å². The van der Waals surface area contributed by atoms with Crippen LogP contribution >= 0.6 is 11.8 Å². The summed E-state index contributed by atoms with van der Waals surface area (Å²) in [5.41, 5.74) is 6.88. The zero-order chi connectivity index (χ0) is 14.5. The Bertz CT molecular complexity index is 530. The van der Waals surface area contributed by atoms with Crippen molar-refractivity contribution in [2.75, 3.05) is 5.32 Å². The number of hydrazine groups is 2. The molecule has 1 heterocycles. The first kappa shape index (κ1) is 14.2. The molecule has 0 saturated carbocycles. The van der Waals surface area contributed by atoms with E-state index in [0.29, 0.717) is 5.12 Å². The van der Waals surface area contributed by atoms with E-state index in [1.54, 1.807) is 0 Å². The molecular weight excluding hydrogens is 274 g/mol. The number of rotatable bonds is 0. The van der Waals surface area contributed by atoms with E-state index < -0.39 is 6.03 Å². The van der Waals surface area contributed by atoms with Crippen LogP contribution in [0.2, 0.25) is 0 Å². The van der Waals surface area contributed by atoms with E-state index in [2.05, 4.69) is 71.3 Å². The molecular formula is C13H15N5OS. The number of hydrogen-bond acceptors (Lipinski definition) is 5. The number of nitrogens with one attached hydrogen (secondary N) is 1. The lowest BCUT2D eigenvalue weighted by molar-refractivity contribution is 0.210. The number of hydrogen-bond donors (Lipinski definition) is 4. The first-order valence-corrected chi connectivity index (χ1v) is 6.61. The average molecular weight is 289 g/mol. The normalized spacial score (nSPS) is 11.1. The van der Waals surface area contributed by atoms with E-state index in [-0.39, 0.29) is 0 Å².